The first-order valence-electron chi connectivity index (χ1n) is 11.0. The van der Waals surface area contributed by atoms with E-state index in [2.05, 4.69) is 16.0 Å². The molecule has 0 heterocycles. The molecule has 1 rings (SSSR count). The molecule has 12 nitrogen and oxygen atoms in total. The highest BCUT2D eigenvalue weighted by Crippen LogP contribution is 2.07. The number of nitrogens with one attached hydrogen (secondary N) is 3. The van der Waals surface area contributed by atoms with Crippen LogP contribution in [0.4, 0.5) is 0 Å². The predicted molar refractivity (Wildman–Crippen MR) is 124 cm³/mol. The number of primary amides is 1. The zero-order valence-electron chi connectivity index (χ0n) is 19.0. The summed E-state index contributed by atoms with van der Waals surface area (Å²) in [6.07, 6.45) is 1.51. The molecule has 1 aromatic carbocycles. The fraction of sp³-hybridized carbons (Fsp3) is 0.500. The van der Waals surface area contributed by atoms with Gasteiger partial charge < -0.3 is 38.3 Å². The maximum absolute atomic E-state index is 13.1. The Kier molecular flexibility index (Phi) is 12.9. The van der Waals surface area contributed by atoms with E-state index in [1.54, 1.807) is 30.3 Å². The zero-order valence-corrected chi connectivity index (χ0v) is 19.0. The first-order chi connectivity index (χ1) is 16.1. The summed E-state index contributed by atoms with van der Waals surface area (Å²) in [5.74, 6) is -3.97. The van der Waals surface area contributed by atoms with Gasteiger partial charge in [-0.1, -0.05) is 36.8 Å². The molecule has 188 valence electrons. The van der Waals surface area contributed by atoms with Gasteiger partial charge in [-0.2, -0.15) is 0 Å². The number of carboxylic acids is 1. The minimum atomic E-state index is -1.27. The van der Waals surface area contributed by atoms with E-state index in [0.717, 1.165) is 5.56 Å². The molecule has 3 atom stereocenters. The summed E-state index contributed by atoms with van der Waals surface area (Å²) in [6, 6.07) is 5.76. The number of amides is 4. The van der Waals surface area contributed by atoms with Crippen molar-refractivity contribution in [1.29, 1.82) is 0 Å². The summed E-state index contributed by atoms with van der Waals surface area (Å²) in [4.78, 5) is 60.0. The molecule has 0 spiro atoms. The lowest BCUT2D eigenvalue weighted by Crippen LogP contribution is -2.56. The zero-order chi connectivity index (χ0) is 25.5. The maximum Gasteiger partial charge on any atom is 0.322 e. The van der Waals surface area contributed by atoms with Gasteiger partial charge in [0.05, 0.1) is 6.04 Å². The Morgan fingerprint density at radius 2 is 1.53 bits per heavy atom. The first-order valence-corrected chi connectivity index (χ1v) is 11.0. The Balaban J connectivity index is 2.98. The summed E-state index contributed by atoms with van der Waals surface area (Å²) in [5, 5.41) is 16.1. The molecule has 0 aliphatic rings. The van der Waals surface area contributed by atoms with E-state index in [1.807, 2.05) is 0 Å². The third-order valence-corrected chi connectivity index (χ3v) is 4.95. The van der Waals surface area contributed by atoms with Gasteiger partial charge in [0.15, 0.2) is 0 Å². The first kappa shape index (κ1) is 28.5. The molecule has 0 aliphatic heterocycles. The van der Waals surface area contributed by atoms with Crippen LogP contribution < -0.4 is 33.2 Å². The highest BCUT2D eigenvalue weighted by molar-refractivity contribution is 5.94. The van der Waals surface area contributed by atoms with Gasteiger partial charge in [-0.25, -0.2) is 0 Å². The van der Waals surface area contributed by atoms with Gasteiger partial charge in [-0.15, -0.1) is 0 Å². The van der Waals surface area contributed by atoms with Gasteiger partial charge in [0.1, 0.15) is 18.6 Å². The molecule has 1 aromatic rings. The van der Waals surface area contributed by atoms with Crippen molar-refractivity contribution in [2.24, 2.45) is 17.2 Å². The van der Waals surface area contributed by atoms with Crippen LogP contribution in [0, 0.1) is 0 Å². The highest BCUT2D eigenvalue weighted by Gasteiger charge is 2.28. The van der Waals surface area contributed by atoms with Gasteiger partial charge in [-0.05, 0) is 31.4 Å². The quantitative estimate of drug-likeness (QED) is 0.133. The molecule has 0 fully saturated rings. The summed E-state index contributed by atoms with van der Waals surface area (Å²) in [7, 11) is 0. The molecule has 3 unspecified atom stereocenters. The molecule has 10 N–H and O–H groups in total. The second kappa shape index (κ2) is 15.3. The third kappa shape index (κ3) is 11.4. The van der Waals surface area contributed by atoms with Gasteiger partial charge in [-0.3, -0.25) is 24.0 Å². The van der Waals surface area contributed by atoms with Crippen LogP contribution in [0.5, 0.6) is 0 Å². The van der Waals surface area contributed by atoms with Crippen LogP contribution in [-0.2, 0) is 30.4 Å². The molecular weight excluding hydrogens is 444 g/mol. The van der Waals surface area contributed by atoms with Crippen LogP contribution in [-0.4, -0.2) is 65.9 Å². The number of aliphatic carboxylic acids is 1. The smallest absolute Gasteiger partial charge is 0.322 e. The minimum absolute atomic E-state index is 0.118. The molecule has 0 saturated carbocycles. The van der Waals surface area contributed by atoms with Gasteiger partial charge in [0.2, 0.25) is 23.6 Å². The van der Waals surface area contributed by atoms with Crippen LogP contribution in [0.2, 0.25) is 0 Å². The van der Waals surface area contributed by atoms with Crippen molar-refractivity contribution in [1.82, 2.24) is 16.0 Å². The number of carbonyl (C=O) groups is 5. The van der Waals surface area contributed by atoms with Crippen LogP contribution in [0.3, 0.4) is 0 Å². The van der Waals surface area contributed by atoms with E-state index < -0.39 is 54.3 Å². The topological polar surface area (TPSA) is 220 Å². The van der Waals surface area contributed by atoms with Crippen molar-refractivity contribution >= 4 is 29.6 Å². The van der Waals surface area contributed by atoms with Crippen molar-refractivity contribution < 1.29 is 29.1 Å². The molecular formula is C22H34N6O6. The Bertz CT molecular complexity index is 834. The lowest BCUT2D eigenvalue weighted by atomic mass is 10.0. The Morgan fingerprint density at radius 1 is 0.882 bits per heavy atom. The van der Waals surface area contributed by atoms with E-state index in [0.29, 0.717) is 25.8 Å². The molecule has 34 heavy (non-hydrogen) atoms. The fourth-order valence-electron chi connectivity index (χ4n) is 3.09. The van der Waals surface area contributed by atoms with Gasteiger partial charge in [0.25, 0.3) is 0 Å². The molecule has 0 aliphatic carbocycles. The fourth-order valence-corrected chi connectivity index (χ4v) is 3.09. The highest BCUT2D eigenvalue weighted by atomic mass is 16.4. The lowest BCUT2D eigenvalue weighted by Gasteiger charge is -2.24. The number of benzene rings is 1. The van der Waals surface area contributed by atoms with Gasteiger partial charge >= 0.3 is 5.97 Å². The van der Waals surface area contributed by atoms with E-state index >= 15 is 0 Å². The Labute approximate surface area is 198 Å². The number of unbranched alkanes of at least 4 members (excludes halogenated alkanes) is 1. The van der Waals surface area contributed by atoms with E-state index in [-0.39, 0.29) is 19.3 Å². The second-order valence-electron chi connectivity index (χ2n) is 7.82. The molecule has 0 saturated heterocycles. The SMILES string of the molecule is NCCCCC(N)C(=O)NC(Cc1ccccc1)C(=O)NC(CCC(N)=O)C(=O)NCC(=O)O. The Hall–Kier alpha value is -3.51. The van der Waals surface area contributed by atoms with Crippen molar-refractivity contribution in [3.8, 4) is 0 Å². The summed E-state index contributed by atoms with van der Waals surface area (Å²) < 4.78 is 0. The van der Waals surface area contributed by atoms with Crippen LogP contribution >= 0.6 is 0 Å². The van der Waals surface area contributed by atoms with Crippen molar-refractivity contribution in [3.05, 3.63) is 35.9 Å². The number of rotatable bonds is 16. The third-order valence-electron chi connectivity index (χ3n) is 4.95. The predicted octanol–water partition coefficient (Wildman–Crippen LogP) is -1.88. The summed E-state index contributed by atoms with van der Waals surface area (Å²) in [5.41, 5.74) is 17.3. The van der Waals surface area contributed by atoms with Crippen molar-refractivity contribution in [2.75, 3.05) is 13.1 Å². The number of hydrogen-bond acceptors (Lipinski definition) is 7. The average Bonchev–Trinajstić information content (AvgIpc) is 2.80. The number of carbonyl (C=O) groups excluding carboxylic acids is 4. The standard InChI is InChI=1S/C22H34N6O6/c23-11-5-4-8-15(24)20(32)28-17(12-14-6-2-1-3-7-14)22(34)27-16(9-10-18(25)29)21(33)26-13-19(30)31/h1-3,6-7,15-17H,4-5,8-13,23-24H2,(H2,25,29)(H,26,33)(H,27,34)(H,28,32)(H,30,31). The largest absolute Gasteiger partial charge is 0.480 e. The van der Waals surface area contributed by atoms with E-state index in [4.69, 9.17) is 22.3 Å². The van der Waals surface area contributed by atoms with E-state index in [9.17, 15) is 24.0 Å². The lowest BCUT2D eigenvalue weighted by molar-refractivity contribution is -0.138. The molecule has 4 amide bonds. The van der Waals surface area contributed by atoms with Crippen LogP contribution in [0.15, 0.2) is 30.3 Å². The number of nitrogens with two attached hydrogens (primary N) is 3. The molecule has 0 aromatic heterocycles. The Morgan fingerprint density at radius 3 is 2.12 bits per heavy atom. The number of carboxylic acid groups (broad SMARTS) is 1. The summed E-state index contributed by atoms with van der Waals surface area (Å²) >= 11 is 0. The maximum atomic E-state index is 13.1. The average molecular weight is 479 g/mol. The second-order valence-corrected chi connectivity index (χ2v) is 7.82. The van der Waals surface area contributed by atoms with Gasteiger partial charge in [0, 0.05) is 12.8 Å². The van der Waals surface area contributed by atoms with Crippen molar-refractivity contribution in [3.63, 3.8) is 0 Å². The van der Waals surface area contributed by atoms with Crippen molar-refractivity contribution in [2.45, 2.75) is 56.7 Å². The normalized spacial score (nSPS) is 13.2. The molecule has 0 bridgehead atoms. The minimum Gasteiger partial charge on any atom is -0.480 e. The van der Waals surface area contributed by atoms with Crippen LogP contribution in [0.25, 0.3) is 0 Å². The summed E-state index contributed by atoms with van der Waals surface area (Å²) in [6.45, 7) is -0.187. The van der Waals surface area contributed by atoms with E-state index in [1.165, 1.54) is 0 Å². The molecule has 0 radical (unpaired) electrons. The molecule has 12 heteroatoms. The van der Waals surface area contributed by atoms with Crippen LogP contribution in [0.1, 0.15) is 37.7 Å². The monoisotopic (exact) mass is 478 g/mol. The number of hydrogen-bond donors (Lipinski definition) is 7.